The average molecular weight is 306 g/mol. The molecule has 0 aliphatic heterocycles. The molecule has 0 radical (unpaired) electrons. The van der Waals surface area contributed by atoms with Crippen LogP contribution in [0.1, 0.15) is 32.2 Å². The van der Waals surface area contributed by atoms with Crippen molar-refractivity contribution in [1.29, 1.82) is 5.26 Å². The maximum absolute atomic E-state index is 9.49. The summed E-state index contributed by atoms with van der Waals surface area (Å²) < 4.78 is 1.78. The lowest BCUT2D eigenvalue weighted by Gasteiger charge is -2.33. The number of hydrogen-bond donors (Lipinski definition) is 1. The molecule has 1 aliphatic rings. The second-order valence-electron chi connectivity index (χ2n) is 6.49. The van der Waals surface area contributed by atoms with Gasteiger partial charge in [-0.15, -0.1) is 0 Å². The van der Waals surface area contributed by atoms with Gasteiger partial charge in [0.1, 0.15) is 18.0 Å². The summed E-state index contributed by atoms with van der Waals surface area (Å²) in [6.45, 7) is 2.27. The van der Waals surface area contributed by atoms with Crippen LogP contribution in [-0.4, -0.2) is 24.7 Å². The Labute approximate surface area is 134 Å². The number of aromatic amines is 1. The van der Waals surface area contributed by atoms with E-state index in [0.717, 1.165) is 34.6 Å². The number of nitriles is 1. The van der Waals surface area contributed by atoms with Gasteiger partial charge >= 0.3 is 0 Å². The number of rotatable bonds is 4. The van der Waals surface area contributed by atoms with Crippen molar-refractivity contribution in [3.8, 4) is 17.3 Å². The molecule has 0 aromatic carbocycles. The molecule has 3 aromatic heterocycles. The molecular weight excluding hydrogens is 288 g/mol. The molecular formula is C17H18N6. The Hall–Kier alpha value is -2.68. The summed E-state index contributed by atoms with van der Waals surface area (Å²) in [5.74, 6) is 1.45. The van der Waals surface area contributed by atoms with Gasteiger partial charge in [0, 0.05) is 23.3 Å². The van der Waals surface area contributed by atoms with Gasteiger partial charge in [-0.1, -0.05) is 6.92 Å². The predicted molar refractivity (Wildman–Crippen MR) is 86.3 cm³/mol. The molecule has 116 valence electrons. The SMILES string of the molecule is CC1CC(CC(C#N)n2cc(-c3ncnc4[nH]ccc34)cn2)C1. The van der Waals surface area contributed by atoms with Gasteiger partial charge in [-0.25, -0.2) is 9.97 Å². The lowest BCUT2D eigenvalue weighted by Crippen LogP contribution is -2.24. The Morgan fingerprint density at radius 2 is 2.30 bits per heavy atom. The highest BCUT2D eigenvalue weighted by Gasteiger charge is 2.28. The number of aromatic nitrogens is 5. The van der Waals surface area contributed by atoms with Crippen molar-refractivity contribution < 1.29 is 0 Å². The molecule has 1 unspecified atom stereocenters. The van der Waals surface area contributed by atoms with Crippen molar-refractivity contribution in [2.24, 2.45) is 11.8 Å². The normalized spacial score (nSPS) is 21.7. The second kappa shape index (κ2) is 5.51. The predicted octanol–water partition coefficient (Wildman–Crippen LogP) is 3.32. The lowest BCUT2D eigenvalue weighted by molar-refractivity contribution is 0.182. The quantitative estimate of drug-likeness (QED) is 0.801. The Bertz CT molecular complexity index is 864. The van der Waals surface area contributed by atoms with Crippen molar-refractivity contribution in [2.45, 2.75) is 32.2 Å². The first kappa shape index (κ1) is 13.9. The van der Waals surface area contributed by atoms with E-state index in [2.05, 4.69) is 33.0 Å². The van der Waals surface area contributed by atoms with Gasteiger partial charge in [-0.05, 0) is 37.2 Å². The summed E-state index contributed by atoms with van der Waals surface area (Å²) in [5.41, 5.74) is 2.57. The minimum absolute atomic E-state index is 0.204. The third kappa shape index (κ3) is 2.48. The van der Waals surface area contributed by atoms with Crippen LogP contribution in [0.5, 0.6) is 0 Å². The molecule has 0 saturated heterocycles. The molecule has 0 bridgehead atoms. The van der Waals surface area contributed by atoms with Crippen molar-refractivity contribution in [2.75, 3.05) is 0 Å². The summed E-state index contributed by atoms with van der Waals surface area (Å²) >= 11 is 0. The Kier molecular flexibility index (Phi) is 3.34. The molecule has 1 atom stereocenters. The Balaban J connectivity index is 1.61. The highest BCUT2D eigenvalue weighted by Crippen LogP contribution is 2.38. The zero-order valence-electron chi connectivity index (χ0n) is 13.0. The molecule has 1 aliphatic carbocycles. The summed E-state index contributed by atoms with van der Waals surface area (Å²) in [7, 11) is 0. The molecule has 1 saturated carbocycles. The van der Waals surface area contributed by atoms with Crippen LogP contribution in [0.2, 0.25) is 0 Å². The molecule has 0 spiro atoms. The molecule has 0 amide bonds. The van der Waals surface area contributed by atoms with E-state index in [0.29, 0.717) is 5.92 Å². The number of nitrogens with zero attached hydrogens (tertiary/aromatic N) is 5. The van der Waals surface area contributed by atoms with E-state index in [9.17, 15) is 5.26 Å². The summed E-state index contributed by atoms with van der Waals surface area (Å²) in [5, 5.41) is 14.9. The van der Waals surface area contributed by atoms with E-state index in [-0.39, 0.29) is 6.04 Å². The zero-order valence-corrected chi connectivity index (χ0v) is 13.0. The van der Waals surface area contributed by atoms with E-state index in [1.54, 1.807) is 17.2 Å². The fourth-order valence-electron chi connectivity index (χ4n) is 3.53. The Morgan fingerprint density at radius 1 is 1.43 bits per heavy atom. The maximum Gasteiger partial charge on any atom is 0.141 e. The fraction of sp³-hybridized carbons (Fsp3) is 0.412. The van der Waals surface area contributed by atoms with Crippen LogP contribution in [-0.2, 0) is 0 Å². The third-order valence-electron chi connectivity index (χ3n) is 4.73. The fourth-order valence-corrected chi connectivity index (χ4v) is 3.53. The van der Waals surface area contributed by atoms with Crippen molar-refractivity contribution in [3.63, 3.8) is 0 Å². The number of fused-ring (bicyclic) bond motifs is 1. The van der Waals surface area contributed by atoms with Crippen LogP contribution in [0.4, 0.5) is 0 Å². The van der Waals surface area contributed by atoms with Gasteiger partial charge in [0.25, 0.3) is 0 Å². The molecule has 4 rings (SSSR count). The van der Waals surface area contributed by atoms with E-state index in [1.807, 2.05) is 18.5 Å². The van der Waals surface area contributed by atoms with Gasteiger partial charge in [0.05, 0.1) is 18.0 Å². The van der Waals surface area contributed by atoms with E-state index in [1.165, 1.54) is 12.8 Å². The maximum atomic E-state index is 9.49. The molecule has 1 fully saturated rings. The third-order valence-corrected chi connectivity index (χ3v) is 4.73. The monoisotopic (exact) mass is 306 g/mol. The largest absolute Gasteiger partial charge is 0.346 e. The lowest BCUT2D eigenvalue weighted by atomic mass is 9.73. The van der Waals surface area contributed by atoms with Crippen LogP contribution in [0.15, 0.2) is 31.0 Å². The van der Waals surface area contributed by atoms with Crippen molar-refractivity contribution in [3.05, 3.63) is 31.0 Å². The molecule has 3 aromatic rings. The standard InChI is InChI=1S/C17H18N6/c1-11-4-12(5-11)6-14(7-18)23-9-13(8-22-23)16-15-2-3-19-17(15)21-10-20-16/h2-3,8-12,14H,4-6H2,1H3,(H,19,20,21). The first-order valence-corrected chi connectivity index (χ1v) is 7.97. The van der Waals surface area contributed by atoms with Gasteiger partial charge in [-0.2, -0.15) is 10.4 Å². The highest BCUT2D eigenvalue weighted by molar-refractivity contribution is 5.89. The highest BCUT2D eigenvalue weighted by atomic mass is 15.3. The van der Waals surface area contributed by atoms with E-state index >= 15 is 0 Å². The van der Waals surface area contributed by atoms with Crippen molar-refractivity contribution in [1.82, 2.24) is 24.7 Å². The van der Waals surface area contributed by atoms with Crippen molar-refractivity contribution >= 4 is 11.0 Å². The minimum Gasteiger partial charge on any atom is -0.346 e. The summed E-state index contributed by atoms with van der Waals surface area (Å²) in [6.07, 6.45) is 10.4. The number of nitrogens with one attached hydrogen (secondary N) is 1. The molecule has 3 heterocycles. The van der Waals surface area contributed by atoms with Gasteiger partial charge in [-0.3, -0.25) is 4.68 Å². The van der Waals surface area contributed by atoms with Gasteiger partial charge < -0.3 is 4.98 Å². The molecule has 23 heavy (non-hydrogen) atoms. The van der Waals surface area contributed by atoms with E-state index in [4.69, 9.17) is 0 Å². The van der Waals surface area contributed by atoms with Crippen LogP contribution < -0.4 is 0 Å². The smallest absolute Gasteiger partial charge is 0.141 e. The molecule has 1 N–H and O–H groups in total. The topological polar surface area (TPSA) is 83.2 Å². The Morgan fingerprint density at radius 3 is 3.09 bits per heavy atom. The van der Waals surface area contributed by atoms with Crippen LogP contribution in [0.25, 0.3) is 22.3 Å². The summed E-state index contributed by atoms with van der Waals surface area (Å²) in [4.78, 5) is 11.7. The van der Waals surface area contributed by atoms with E-state index < -0.39 is 0 Å². The minimum atomic E-state index is -0.204. The molecule has 6 heteroatoms. The summed E-state index contributed by atoms with van der Waals surface area (Å²) in [6, 6.07) is 4.14. The first-order chi connectivity index (χ1) is 11.2. The molecule has 6 nitrogen and oxygen atoms in total. The zero-order chi connectivity index (χ0) is 15.8. The first-order valence-electron chi connectivity index (χ1n) is 7.97. The number of hydrogen-bond acceptors (Lipinski definition) is 4. The van der Waals surface area contributed by atoms with Gasteiger partial charge in [0.15, 0.2) is 0 Å². The van der Waals surface area contributed by atoms with Crippen LogP contribution in [0.3, 0.4) is 0 Å². The van der Waals surface area contributed by atoms with Crippen LogP contribution >= 0.6 is 0 Å². The van der Waals surface area contributed by atoms with Gasteiger partial charge in [0.2, 0.25) is 0 Å². The average Bonchev–Trinajstić information content (AvgIpc) is 3.18. The van der Waals surface area contributed by atoms with Crippen LogP contribution in [0, 0.1) is 23.2 Å². The second-order valence-corrected chi connectivity index (χ2v) is 6.49. The number of H-pyrrole nitrogens is 1.